The monoisotopic (exact) mass is 222 g/mol. The highest BCUT2D eigenvalue weighted by Gasteiger charge is 1.98. The zero-order valence-electron chi connectivity index (χ0n) is 9.38. The molecule has 1 aromatic carbocycles. The third-order valence-electron chi connectivity index (χ3n) is 1.83. The van der Waals surface area contributed by atoms with Crippen LogP contribution < -0.4 is 10.6 Å². The molecule has 0 saturated carbocycles. The van der Waals surface area contributed by atoms with Crippen LogP contribution in [0.15, 0.2) is 36.0 Å². The van der Waals surface area contributed by atoms with Crippen LogP contribution in [0.25, 0.3) is 0 Å². The van der Waals surface area contributed by atoms with Crippen molar-refractivity contribution in [3.63, 3.8) is 0 Å². The number of amides is 2. The summed E-state index contributed by atoms with van der Waals surface area (Å²) in [6.07, 6.45) is 1.61. The first-order valence-corrected chi connectivity index (χ1v) is 5.00. The Morgan fingerprint density at radius 3 is 2.81 bits per heavy atom. The summed E-state index contributed by atoms with van der Waals surface area (Å²) in [6, 6.07) is 5.82. The lowest BCUT2D eigenvalue weighted by Gasteiger charge is -2.05. The zero-order valence-corrected chi connectivity index (χ0v) is 9.38. The molecule has 86 valence electrons. The largest absolute Gasteiger partial charge is 0.334 e. The summed E-state index contributed by atoms with van der Waals surface area (Å²) in [5.41, 5.74) is 1.73. The van der Waals surface area contributed by atoms with Gasteiger partial charge in [-0.3, -0.25) is 0 Å². The van der Waals surface area contributed by atoms with Gasteiger partial charge in [0.2, 0.25) is 0 Å². The molecule has 2 N–H and O–H groups in total. The van der Waals surface area contributed by atoms with Gasteiger partial charge in [-0.1, -0.05) is 17.7 Å². The number of rotatable bonds is 3. The lowest BCUT2D eigenvalue weighted by molar-refractivity contribution is 0.243. The van der Waals surface area contributed by atoms with Gasteiger partial charge in [-0.2, -0.15) is 0 Å². The summed E-state index contributed by atoms with van der Waals surface area (Å²) in [6.45, 7) is 4.07. The Labute approximate surface area is 94.4 Å². The molecular weight excluding hydrogens is 207 g/mol. The third-order valence-corrected chi connectivity index (χ3v) is 1.83. The normalized spacial score (nSPS) is 9.44. The van der Waals surface area contributed by atoms with E-state index in [2.05, 4.69) is 10.6 Å². The molecule has 1 rings (SSSR count). The number of hydrogen-bond donors (Lipinski definition) is 2. The lowest BCUT2D eigenvalue weighted by Crippen LogP contribution is -2.31. The minimum Gasteiger partial charge on any atom is -0.334 e. The van der Waals surface area contributed by atoms with Crippen LogP contribution in [0.2, 0.25) is 0 Å². The van der Waals surface area contributed by atoms with Gasteiger partial charge in [-0.25, -0.2) is 9.18 Å². The van der Waals surface area contributed by atoms with Crippen molar-refractivity contribution in [1.29, 1.82) is 0 Å². The van der Waals surface area contributed by atoms with Crippen molar-refractivity contribution < 1.29 is 9.18 Å². The number of allylic oxidation sites excluding steroid dienone is 1. The number of urea groups is 1. The summed E-state index contributed by atoms with van der Waals surface area (Å²) < 4.78 is 12.8. The van der Waals surface area contributed by atoms with Crippen molar-refractivity contribution in [2.45, 2.75) is 20.4 Å². The van der Waals surface area contributed by atoms with Crippen molar-refractivity contribution in [2.75, 3.05) is 0 Å². The fraction of sp³-hybridized carbons (Fsp3) is 0.250. The topological polar surface area (TPSA) is 41.1 Å². The molecule has 2 amide bonds. The minimum atomic E-state index is -0.302. The van der Waals surface area contributed by atoms with Gasteiger partial charge in [0.1, 0.15) is 5.82 Å². The number of hydrogen-bond acceptors (Lipinski definition) is 1. The maximum Gasteiger partial charge on any atom is 0.319 e. The van der Waals surface area contributed by atoms with Crippen molar-refractivity contribution in [2.24, 2.45) is 0 Å². The van der Waals surface area contributed by atoms with E-state index in [-0.39, 0.29) is 11.8 Å². The van der Waals surface area contributed by atoms with Gasteiger partial charge in [0.05, 0.1) is 0 Å². The van der Waals surface area contributed by atoms with Gasteiger partial charge in [0.25, 0.3) is 0 Å². The van der Waals surface area contributed by atoms with Gasteiger partial charge in [-0.05, 0) is 31.5 Å². The Kier molecular flexibility index (Phi) is 4.51. The molecule has 0 aliphatic rings. The molecule has 0 fully saturated rings. The number of carbonyl (C=O) groups is 1. The van der Waals surface area contributed by atoms with Crippen molar-refractivity contribution in [3.05, 3.63) is 47.4 Å². The van der Waals surface area contributed by atoms with E-state index >= 15 is 0 Å². The predicted octanol–water partition coefficient (Wildman–Crippen LogP) is 2.55. The van der Waals surface area contributed by atoms with Crippen LogP contribution >= 0.6 is 0 Å². The number of nitrogens with one attached hydrogen (secondary N) is 2. The van der Waals surface area contributed by atoms with Crippen LogP contribution in [0, 0.1) is 5.82 Å². The maximum atomic E-state index is 12.8. The first-order chi connectivity index (χ1) is 7.58. The molecule has 0 aliphatic carbocycles. The predicted molar refractivity (Wildman–Crippen MR) is 61.2 cm³/mol. The molecule has 0 heterocycles. The van der Waals surface area contributed by atoms with E-state index in [1.165, 1.54) is 12.1 Å². The number of benzene rings is 1. The molecule has 3 nitrogen and oxygen atoms in total. The molecule has 16 heavy (non-hydrogen) atoms. The average molecular weight is 222 g/mol. The van der Waals surface area contributed by atoms with Crippen molar-refractivity contribution in [3.8, 4) is 0 Å². The molecule has 0 aromatic heterocycles. The van der Waals surface area contributed by atoms with E-state index in [4.69, 9.17) is 0 Å². The second kappa shape index (κ2) is 5.90. The Morgan fingerprint density at radius 1 is 1.44 bits per heavy atom. The molecule has 0 aliphatic heterocycles. The fourth-order valence-corrected chi connectivity index (χ4v) is 1.09. The standard InChI is InChI=1S/C12H15FN2O/c1-9(2)7-14-12(16)15-8-10-4-3-5-11(13)6-10/h3-7H,8H2,1-2H3,(H2,14,15,16). The zero-order chi connectivity index (χ0) is 12.0. The highest BCUT2D eigenvalue weighted by atomic mass is 19.1. The molecular formula is C12H15FN2O. The second-order valence-electron chi connectivity index (χ2n) is 3.68. The van der Waals surface area contributed by atoms with Gasteiger partial charge in [0.15, 0.2) is 0 Å². The molecule has 4 heteroatoms. The summed E-state index contributed by atoms with van der Waals surface area (Å²) >= 11 is 0. The Morgan fingerprint density at radius 2 is 2.19 bits per heavy atom. The molecule has 0 atom stereocenters. The molecule has 0 bridgehead atoms. The summed E-state index contributed by atoms with van der Waals surface area (Å²) in [5.74, 6) is -0.302. The SMILES string of the molecule is CC(C)=CNC(=O)NCc1cccc(F)c1. The summed E-state index contributed by atoms with van der Waals surface area (Å²) in [4.78, 5) is 11.2. The highest BCUT2D eigenvalue weighted by molar-refractivity contribution is 5.74. The molecule has 0 spiro atoms. The minimum absolute atomic E-state index is 0.300. The first kappa shape index (κ1) is 12.2. The second-order valence-corrected chi connectivity index (χ2v) is 3.68. The quantitative estimate of drug-likeness (QED) is 0.810. The van der Waals surface area contributed by atoms with E-state index in [1.54, 1.807) is 18.3 Å². The van der Waals surface area contributed by atoms with Crippen LogP contribution in [-0.2, 0) is 6.54 Å². The fourth-order valence-electron chi connectivity index (χ4n) is 1.09. The average Bonchev–Trinajstić information content (AvgIpc) is 2.23. The van der Waals surface area contributed by atoms with Crippen LogP contribution in [0.5, 0.6) is 0 Å². The summed E-state index contributed by atoms with van der Waals surface area (Å²) in [5, 5.41) is 5.18. The van der Waals surface area contributed by atoms with Gasteiger partial charge in [0, 0.05) is 12.7 Å². The smallest absolute Gasteiger partial charge is 0.319 e. The molecule has 0 unspecified atom stereocenters. The van der Waals surface area contributed by atoms with Crippen molar-refractivity contribution >= 4 is 6.03 Å². The Bertz CT molecular complexity index is 398. The van der Waals surface area contributed by atoms with Crippen LogP contribution in [-0.4, -0.2) is 6.03 Å². The number of halogens is 1. The lowest BCUT2D eigenvalue weighted by atomic mass is 10.2. The third kappa shape index (κ3) is 4.59. The van der Waals surface area contributed by atoms with Crippen LogP contribution in [0.4, 0.5) is 9.18 Å². The van der Waals surface area contributed by atoms with E-state index < -0.39 is 0 Å². The summed E-state index contributed by atoms with van der Waals surface area (Å²) in [7, 11) is 0. The molecule has 0 saturated heterocycles. The molecule has 0 radical (unpaired) electrons. The Hall–Kier alpha value is -1.84. The van der Waals surface area contributed by atoms with Gasteiger partial charge >= 0.3 is 6.03 Å². The van der Waals surface area contributed by atoms with Gasteiger partial charge in [-0.15, -0.1) is 0 Å². The van der Waals surface area contributed by atoms with E-state index in [9.17, 15) is 9.18 Å². The number of carbonyl (C=O) groups excluding carboxylic acids is 1. The van der Waals surface area contributed by atoms with Crippen LogP contribution in [0.1, 0.15) is 19.4 Å². The van der Waals surface area contributed by atoms with Gasteiger partial charge < -0.3 is 10.6 Å². The van der Waals surface area contributed by atoms with E-state index in [1.807, 2.05) is 13.8 Å². The maximum absolute atomic E-state index is 12.8. The van der Waals surface area contributed by atoms with E-state index in [0.717, 1.165) is 11.1 Å². The molecule has 1 aromatic rings. The Balaban J connectivity index is 2.40. The van der Waals surface area contributed by atoms with Crippen molar-refractivity contribution in [1.82, 2.24) is 10.6 Å². The van der Waals surface area contributed by atoms with E-state index in [0.29, 0.717) is 6.54 Å². The first-order valence-electron chi connectivity index (χ1n) is 5.00. The van der Waals surface area contributed by atoms with Crippen LogP contribution in [0.3, 0.4) is 0 Å². The highest BCUT2D eigenvalue weighted by Crippen LogP contribution is 2.02.